The molecule has 2 aromatic carbocycles. The number of carbonyl (C=O) groups excluding carboxylic acids is 1. The largest absolute Gasteiger partial charge is 0.494 e. The van der Waals surface area contributed by atoms with E-state index >= 15 is 0 Å². The van der Waals surface area contributed by atoms with Gasteiger partial charge in [0, 0.05) is 5.56 Å². The molecule has 0 atom stereocenters. The number of amides is 1. The number of aromatic hydroxyl groups is 1. The summed E-state index contributed by atoms with van der Waals surface area (Å²) in [5.41, 5.74) is 3.09. The Morgan fingerprint density at radius 3 is 2.04 bits per heavy atom. The highest BCUT2D eigenvalue weighted by Gasteiger charge is 2.35. The highest BCUT2D eigenvalue weighted by molar-refractivity contribution is 6.30. The van der Waals surface area contributed by atoms with Gasteiger partial charge in [0.25, 0.3) is 5.91 Å². The van der Waals surface area contributed by atoms with E-state index in [0.29, 0.717) is 22.5 Å². The van der Waals surface area contributed by atoms with Crippen LogP contribution in [0.25, 0.3) is 11.3 Å². The van der Waals surface area contributed by atoms with Gasteiger partial charge < -0.3 is 10.2 Å². The first kappa shape index (κ1) is 14.4. The van der Waals surface area contributed by atoms with Gasteiger partial charge in [-0.3, -0.25) is 9.36 Å². The molecule has 0 radical (unpaired) electrons. The Hall–Kier alpha value is -3.18. The van der Waals surface area contributed by atoms with E-state index in [1.807, 2.05) is 60.7 Å². The van der Waals surface area contributed by atoms with E-state index in [-0.39, 0.29) is 5.88 Å². The number of hydrogen-bond acceptors (Lipinski definition) is 3. The fourth-order valence-corrected chi connectivity index (χ4v) is 3.09. The smallest absolute Gasteiger partial charge is 0.280 e. The van der Waals surface area contributed by atoms with E-state index in [4.69, 9.17) is 0 Å². The van der Waals surface area contributed by atoms with Gasteiger partial charge in [0.2, 0.25) is 5.88 Å². The molecule has 3 aromatic rings. The predicted octanol–water partition coefficient (Wildman–Crippen LogP) is 2.80. The second-order valence-electron chi connectivity index (χ2n) is 5.49. The number of nitrogens with zero attached hydrogens (tertiary/aromatic N) is 2. The summed E-state index contributed by atoms with van der Waals surface area (Å²) in [6.45, 7) is -0.432. The Bertz CT molecular complexity index is 957. The van der Waals surface area contributed by atoms with Crippen molar-refractivity contribution in [2.45, 2.75) is 6.73 Å². The molecule has 5 nitrogen and oxygen atoms in total. The van der Waals surface area contributed by atoms with Gasteiger partial charge in [0.05, 0.1) is 22.5 Å². The maximum absolute atomic E-state index is 12.5. The molecule has 0 aliphatic carbocycles. The quantitative estimate of drug-likeness (QED) is 0.780. The summed E-state index contributed by atoms with van der Waals surface area (Å²) < 4.78 is 1.33. The van der Waals surface area contributed by atoms with Crippen molar-refractivity contribution in [3.8, 4) is 17.1 Å². The molecule has 1 aliphatic heterocycles. The topological polar surface area (TPSA) is 74.8 Å². The molecule has 0 bridgehead atoms. The summed E-state index contributed by atoms with van der Waals surface area (Å²) in [5.74, 6) is -0.565. The lowest BCUT2D eigenvalue weighted by molar-refractivity contribution is 0.101. The van der Waals surface area contributed by atoms with Crippen molar-refractivity contribution in [3.63, 3.8) is 0 Å². The van der Waals surface area contributed by atoms with Crippen molar-refractivity contribution in [3.05, 3.63) is 77.4 Å². The van der Waals surface area contributed by atoms with Gasteiger partial charge in [0.1, 0.15) is 6.73 Å². The average Bonchev–Trinajstić information content (AvgIpc) is 3.12. The molecule has 118 valence electrons. The van der Waals surface area contributed by atoms with Crippen LogP contribution in [0, 0.1) is 0 Å². The predicted molar refractivity (Wildman–Crippen MR) is 90.2 cm³/mol. The van der Waals surface area contributed by atoms with Crippen LogP contribution in [0.3, 0.4) is 0 Å². The molecule has 2 heterocycles. The molecule has 1 aliphatic rings. The maximum atomic E-state index is 12.5. The fraction of sp³-hybridized carbons (Fsp3) is 0.0526. The number of hydrogen-bond donors (Lipinski definition) is 2. The van der Waals surface area contributed by atoms with Crippen molar-refractivity contribution >= 4 is 11.6 Å². The number of aliphatic hydroxyl groups excluding tert-OH is 1. The Balaban J connectivity index is 2.00. The van der Waals surface area contributed by atoms with Gasteiger partial charge in [-0.15, -0.1) is 0 Å². The third kappa shape index (κ3) is 1.99. The number of aliphatic imine (C=N–C) groups is 1. The zero-order valence-electron chi connectivity index (χ0n) is 12.7. The van der Waals surface area contributed by atoms with Crippen LogP contribution in [0.15, 0.2) is 65.7 Å². The fourth-order valence-electron chi connectivity index (χ4n) is 3.09. The van der Waals surface area contributed by atoms with Crippen molar-refractivity contribution in [1.82, 2.24) is 4.57 Å². The number of benzene rings is 2. The molecule has 24 heavy (non-hydrogen) atoms. The molecule has 0 saturated carbocycles. The Morgan fingerprint density at radius 1 is 0.875 bits per heavy atom. The molecule has 0 saturated heterocycles. The van der Waals surface area contributed by atoms with Crippen LogP contribution in [-0.2, 0) is 6.73 Å². The highest BCUT2D eigenvalue weighted by atomic mass is 16.3. The molecule has 0 unspecified atom stereocenters. The van der Waals surface area contributed by atoms with E-state index < -0.39 is 12.6 Å². The third-order valence-electron chi connectivity index (χ3n) is 4.14. The van der Waals surface area contributed by atoms with Gasteiger partial charge in [-0.1, -0.05) is 60.7 Å². The van der Waals surface area contributed by atoms with Gasteiger partial charge in [0.15, 0.2) is 0 Å². The lowest BCUT2D eigenvalue weighted by Gasteiger charge is -2.09. The molecule has 0 fully saturated rings. The molecule has 5 heteroatoms. The van der Waals surface area contributed by atoms with Crippen LogP contribution in [0.1, 0.15) is 21.5 Å². The summed E-state index contributed by atoms with van der Waals surface area (Å²) in [7, 11) is 0. The van der Waals surface area contributed by atoms with Crippen LogP contribution < -0.4 is 0 Å². The van der Waals surface area contributed by atoms with Crippen molar-refractivity contribution in [2.24, 2.45) is 4.99 Å². The summed E-state index contributed by atoms with van der Waals surface area (Å²) in [5, 5.41) is 20.3. The second-order valence-corrected chi connectivity index (χ2v) is 5.49. The van der Waals surface area contributed by atoms with Crippen LogP contribution in [0.5, 0.6) is 5.88 Å². The lowest BCUT2D eigenvalue weighted by atomic mass is 10.0. The summed E-state index contributed by atoms with van der Waals surface area (Å²) in [6, 6.07) is 18.4. The Kier molecular flexibility index (Phi) is 3.29. The van der Waals surface area contributed by atoms with Crippen LogP contribution in [-0.4, -0.2) is 26.4 Å². The molecular formula is C19H14N2O3. The first-order valence-electron chi connectivity index (χ1n) is 7.53. The van der Waals surface area contributed by atoms with Gasteiger partial charge in [-0.2, -0.15) is 0 Å². The Morgan fingerprint density at radius 2 is 1.46 bits per heavy atom. The van der Waals surface area contributed by atoms with Gasteiger partial charge in [-0.05, 0) is 5.56 Å². The zero-order valence-corrected chi connectivity index (χ0v) is 12.7. The van der Waals surface area contributed by atoms with Crippen molar-refractivity contribution in [2.75, 3.05) is 0 Å². The molecular weight excluding hydrogens is 304 g/mol. The maximum Gasteiger partial charge on any atom is 0.280 e. The van der Waals surface area contributed by atoms with Crippen LogP contribution in [0.4, 0.5) is 0 Å². The van der Waals surface area contributed by atoms with E-state index in [0.717, 1.165) is 11.1 Å². The Labute approximate surface area is 138 Å². The van der Waals surface area contributed by atoms with E-state index in [2.05, 4.69) is 4.99 Å². The minimum Gasteiger partial charge on any atom is -0.494 e. The minimum absolute atomic E-state index is 0.153. The molecule has 2 N–H and O–H groups in total. The first-order chi connectivity index (χ1) is 11.7. The van der Waals surface area contributed by atoms with Crippen LogP contribution in [0.2, 0.25) is 0 Å². The average molecular weight is 318 g/mol. The normalized spacial score (nSPS) is 13.0. The molecule has 0 spiro atoms. The minimum atomic E-state index is -0.432. The summed E-state index contributed by atoms with van der Waals surface area (Å²) in [4.78, 5) is 16.7. The third-order valence-corrected chi connectivity index (χ3v) is 4.14. The zero-order chi connectivity index (χ0) is 16.7. The SMILES string of the molecule is O=C1N=C(c2ccccc2)c2c1c(-c1ccccc1)n(CO)c2O. The number of fused-ring (bicyclic) bond motifs is 1. The van der Waals surface area contributed by atoms with Crippen molar-refractivity contribution in [1.29, 1.82) is 0 Å². The summed E-state index contributed by atoms with van der Waals surface area (Å²) in [6.07, 6.45) is 0. The highest BCUT2D eigenvalue weighted by Crippen LogP contribution is 2.40. The number of aromatic nitrogens is 1. The van der Waals surface area contributed by atoms with E-state index in [1.165, 1.54) is 4.57 Å². The van der Waals surface area contributed by atoms with Gasteiger partial charge in [-0.25, -0.2) is 4.99 Å². The monoisotopic (exact) mass is 318 g/mol. The molecule has 1 aromatic heterocycles. The molecule has 1 amide bonds. The second kappa shape index (κ2) is 5.47. The summed E-state index contributed by atoms with van der Waals surface area (Å²) >= 11 is 0. The lowest BCUT2D eigenvalue weighted by Crippen LogP contribution is -2.03. The number of aliphatic hydroxyl groups is 1. The van der Waals surface area contributed by atoms with Gasteiger partial charge >= 0.3 is 0 Å². The van der Waals surface area contributed by atoms with Crippen LogP contribution >= 0.6 is 0 Å². The van der Waals surface area contributed by atoms with Crippen molar-refractivity contribution < 1.29 is 15.0 Å². The number of carbonyl (C=O) groups is 1. The standard InChI is InChI=1S/C19H14N2O3/c22-11-21-17(13-9-5-2-6-10-13)15-14(19(21)24)16(20-18(15)23)12-7-3-1-4-8-12/h1-10,22,24H,11H2. The van der Waals surface area contributed by atoms with E-state index in [1.54, 1.807) is 0 Å². The number of rotatable bonds is 3. The first-order valence-corrected chi connectivity index (χ1v) is 7.53. The molecule has 4 rings (SSSR count). The van der Waals surface area contributed by atoms with E-state index in [9.17, 15) is 15.0 Å².